The number of carbonyl (C=O) groups excluding carboxylic acids is 1. The highest BCUT2D eigenvalue weighted by molar-refractivity contribution is 9.08. The van der Waals surface area contributed by atoms with E-state index in [2.05, 4.69) is 25.4 Å². The second kappa shape index (κ2) is 6.16. The molecule has 0 spiro atoms. The highest BCUT2D eigenvalue weighted by Gasteiger charge is 2.20. The van der Waals surface area contributed by atoms with Gasteiger partial charge in [-0.25, -0.2) is 4.79 Å². The molecule has 94 valence electrons. The van der Waals surface area contributed by atoms with E-state index in [0.29, 0.717) is 10.9 Å². The second-order valence-corrected chi connectivity index (χ2v) is 3.93. The molecular formula is C10H8BrClF2O3. The van der Waals surface area contributed by atoms with E-state index < -0.39 is 12.6 Å². The van der Waals surface area contributed by atoms with Gasteiger partial charge in [0, 0.05) is 5.33 Å². The zero-order chi connectivity index (χ0) is 13.0. The fraction of sp³-hybridized carbons (Fsp3) is 0.300. The van der Waals surface area contributed by atoms with Crippen LogP contribution < -0.4 is 4.74 Å². The lowest BCUT2D eigenvalue weighted by molar-refractivity contribution is -0.0503. The van der Waals surface area contributed by atoms with Crippen molar-refractivity contribution >= 4 is 33.5 Å². The molecular weight excluding hydrogens is 321 g/mol. The molecule has 7 heteroatoms. The number of hydrogen-bond donors (Lipinski definition) is 0. The summed E-state index contributed by atoms with van der Waals surface area (Å²) in [5, 5.41) is 0.355. The Morgan fingerprint density at radius 1 is 1.53 bits per heavy atom. The van der Waals surface area contributed by atoms with Crippen LogP contribution in [0.5, 0.6) is 5.75 Å². The van der Waals surface area contributed by atoms with Gasteiger partial charge in [-0.3, -0.25) is 0 Å². The molecule has 0 heterocycles. The van der Waals surface area contributed by atoms with Crippen molar-refractivity contribution in [3.8, 4) is 5.75 Å². The fourth-order valence-electron chi connectivity index (χ4n) is 1.20. The third-order valence-corrected chi connectivity index (χ3v) is 2.80. The number of methoxy groups -OCH3 is 1. The summed E-state index contributed by atoms with van der Waals surface area (Å²) in [7, 11) is 1.14. The van der Waals surface area contributed by atoms with Crippen molar-refractivity contribution in [3.63, 3.8) is 0 Å². The van der Waals surface area contributed by atoms with Crippen molar-refractivity contribution in [3.05, 3.63) is 28.3 Å². The molecule has 0 aliphatic rings. The molecule has 0 saturated heterocycles. The molecule has 0 unspecified atom stereocenters. The first-order valence-electron chi connectivity index (χ1n) is 4.41. The van der Waals surface area contributed by atoms with Gasteiger partial charge in [0.25, 0.3) is 0 Å². The number of esters is 1. The molecule has 0 aliphatic carbocycles. The molecule has 1 aromatic carbocycles. The molecule has 0 N–H and O–H groups in total. The molecule has 0 aromatic heterocycles. The monoisotopic (exact) mass is 328 g/mol. The molecule has 1 aromatic rings. The number of carbonyl (C=O) groups is 1. The third kappa shape index (κ3) is 3.54. The molecule has 3 nitrogen and oxygen atoms in total. The van der Waals surface area contributed by atoms with E-state index in [1.165, 1.54) is 12.1 Å². The molecule has 0 amide bonds. The summed E-state index contributed by atoms with van der Waals surface area (Å²) in [4.78, 5) is 11.4. The van der Waals surface area contributed by atoms with Crippen LogP contribution in [-0.4, -0.2) is 19.7 Å². The van der Waals surface area contributed by atoms with Crippen molar-refractivity contribution in [2.45, 2.75) is 11.9 Å². The van der Waals surface area contributed by atoms with Crippen molar-refractivity contribution in [1.29, 1.82) is 0 Å². The highest BCUT2D eigenvalue weighted by atomic mass is 79.9. The van der Waals surface area contributed by atoms with E-state index in [0.717, 1.165) is 7.11 Å². The van der Waals surface area contributed by atoms with Gasteiger partial charge >= 0.3 is 12.6 Å². The van der Waals surface area contributed by atoms with E-state index in [-0.39, 0.29) is 16.3 Å². The van der Waals surface area contributed by atoms with Crippen molar-refractivity contribution in [2.24, 2.45) is 0 Å². The maximum atomic E-state index is 12.2. The van der Waals surface area contributed by atoms with Crippen LogP contribution in [0.1, 0.15) is 15.9 Å². The third-order valence-electron chi connectivity index (χ3n) is 1.87. The van der Waals surface area contributed by atoms with Gasteiger partial charge in [-0.1, -0.05) is 27.5 Å². The minimum Gasteiger partial charge on any atom is -0.465 e. The van der Waals surface area contributed by atoms with Crippen LogP contribution in [0.2, 0.25) is 5.02 Å². The maximum absolute atomic E-state index is 12.2. The highest BCUT2D eigenvalue weighted by Crippen LogP contribution is 2.33. The van der Waals surface area contributed by atoms with Gasteiger partial charge in [0.2, 0.25) is 0 Å². The summed E-state index contributed by atoms with van der Waals surface area (Å²) >= 11 is 8.94. The van der Waals surface area contributed by atoms with Crippen molar-refractivity contribution in [2.75, 3.05) is 7.11 Å². The number of benzene rings is 1. The molecule has 0 bridgehead atoms. The topological polar surface area (TPSA) is 35.5 Å². The van der Waals surface area contributed by atoms with E-state index in [4.69, 9.17) is 11.6 Å². The molecule has 17 heavy (non-hydrogen) atoms. The normalized spacial score (nSPS) is 10.5. The van der Waals surface area contributed by atoms with Crippen LogP contribution in [0, 0.1) is 0 Å². The number of ether oxygens (including phenoxy) is 2. The number of alkyl halides is 3. The van der Waals surface area contributed by atoms with Crippen molar-refractivity contribution in [1.82, 2.24) is 0 Å². The first-order chi connectivity index (χ1) is 7.99. The van der Waals surface area contributed by atoms with Crippen LogP contribution >= 0.6 is 27.5 Å². The predicted octanol–water partition coefficient (Wildman–Crippen LogP) is 3.62. The lowest BCUT2D eigenvalue weighted by Crippen LogP contribution is -2.10. The zero-order valence-corrected chi connectivity index (χ0v) is 11.0. The summed E-state index contributed by atoms with van der Waals surface area (Å²) in [6, 6.07) is 2.81. The molecule has 1 rings (SSSR count). The lowest BCUT2D eigenvalue weighted by atomic mass is 10.1. The Bertz CT molecular complexity index is 426. The van der Waals surface area contributed by atoms with Crippen LogP contribution in [0.25, 0.3) is 0 Å². The Labute approximate surface area is 110 Å². The van der Waals surface area contributed by atoms with Crippen molar-refractivity contribution < 1.29 is 23.0 Å². The standard InChI is InChI=1S/C10H8BrClF2O3/c1-16-9(15)6-2-5(4-11)3-7(12)8(6)17-10(13)14/h2-3,10H,4H2,1H3. The van der Waals surface area contributed by atoms with E-state index >= 15 is 0 Å². The molecule has 0 fully saturated rings. The average Bonchev–Trinajstić information content (AvgIpc) is 2.29. The Hall–Kier alpha value is -0.880. The SMILES string of the molecule is COC(=O)c1cc(CBr)cc(Cl)c1OC(F)F. The Balaban J connectivity index is 3.29. The quantitative estimate of drug-likeness (QED) is 0.625. The zero-order valence-electron chi connectivity index (χ0n) is 8.68. The predicted molar refractivity (Wildman–Crippen MR) is 62.1 cm³/mol. The average molecular weight is 330 g/mol. The van der Waals surface area contributed by atoms with Crippen LogP contribution in [0.3, 0.4) is 0 Å². The van der Waals surface area contributed by atoms with Gasteiger partial charge in [0.05, 0.1) is 12.1 Å². The van der Waals surface area contributed by atoms with Crippen LogP contribution in [0.15, 0.2) is 12.1 Å². The minimum absolute atomic E-state index is 0.0670. The second-order valence-electron chi connectivity index (χ2n) is 2.96. The largest absolute Gasteiger partial charge is 0.465 e. The smallest absolute Gasteiger partial charge is 0.387 e. The van der Waals surface area contributed by atoms with E-state index in [9.17, 15) is 13.6 Å². The Morgan fingerprint density at radius 2 is 2.18 bits per heavy atom. The lowest BCUT2D eigenvalue weighted by Gasteiger charge is -2.12. The number of rotatable bonds is 4. The molecule has 0 aliphatic heterocycles. The summed E-state index contributed by atoms with van der Waals surface area (Å²) in [6.07, 6.45) is 0. The van der Waals surface area contributed by atoms with Gasteiger partial charge in [-0.2, -0.15) is 8.78 Å². The molecule has 0 atom stereocenters. The van der Waals surface area contributed by atoms with E-state index in [1.54, 1.807) is 0 Å². The Morgan fingerprint density at radius 3 is 2.65 bits per heavy atom. The minimum atomic E-state index is -3.06. The van der Waals surface area contributed by atoms with Gasteiger partial charge in [0.1, 0.15) is 5.56 Å². The molecule has 0 radical (unpaired) electrons. The van der Waals surface area contributed by atoms with Gasteiger partial charge in [-0.05, 0) is 17.7 Å². The summed E-state index contributed by atoms with van der Waals surface area (Å²) in [5.74, 6) is -1.16. The molecule has 0 saturated carbocycles. The van der Waals surface area contributed by atoms with Crippen LogP contribution in [0.4, 0.5) is 8.78 Å². The first-order valence-corrected chi connectivity index (χ1v) is 5.91. The number of halogens is 4. The summed E-state index contributed by atoms with van der Waals surface area (Å²) in [5.41, 5.74) is 0.520. The number of hydrogen-bond acceptors (Lipinski definition) is 3. The Kier molecular flexibility index (Phi) is 5.14. The maximum Gasteiger partial charge on any atom is 0.387 e. The fourth-order valence-corrected chi connectivity index (χ4v) is 1.81. The summed E-state index contributed by atoms with van der Waals surface area (Å²) < 4.78 is 33.1. The van der Waals surface area contributed by atoms with Gasteiger partial charge < -0.3 is 9.47 Å². The van der Waals surface area contributed by atoms with E-state index in [1.807, 2.05) is 0 Å². The summed E-state index contributed by atoms with van der Waals surface area (Å²) in [6.45, 7) is -3.06. The van der Waals surface area contributed by atoms with Gasteiger partial charge in [0.15, 0.2) is 5.75 Å². The first kappa shape index (κ1) is 14.2. The van der Waals surface area contributed by atoms with Gasteiger partial charge in [-0.15, -0.1) is 0 Å². The van der Waals surface area contributed by atoms with Crippen LogP contribution in [-0.2, 0) is 10.1 Å².